The first-order valence-corrected chi connectivity index (χ1v) is 12.4. The molecular weight excluding hydrogens is 374 g/mol. The van der Waals surface area contributed by atoms with Gasteiger partial charge in [0.25, 0.3) is 0 Å². The van der Waals surface area contributed by atoms with Crippen molar-refractivity contribution < 1.29 is 0 Å². The molecule has 178 valence electrons. The average molecular weight is 428 g/mol. The summed E-state index contributed by atoms with van der Waals surface area (Å²) in [6.45, 7) is 29.3. The molecule has 1 aromatic carbocycles. The highest BCUT2D eigenvalue weighted by Crippen LogP contribution is 2.25. The lowest BCUT2D eigenvalue weighted by Gasteiger charge is -2.12. The van der Waals surface area contributed by atoms with Gasteiger partial charge < -0.3 is 0 Å². The number of unbranched alkanes of at least 4 members (excludes halogenated alkanes) is 2. The number of hydrogen-bond acceptors (Lipinski definition) is 1. The fourth-order valence-corrected chi connectivity index (χ4v) is 2.41. The molecule has 0 aliphatic carbocycles. The van der Waals surface area contributed by atoms with E-state index in [2.05, 4.69) is 71.3 Å². The van der Waals surface area contributed by atoms with Gasteiger partial charge in [-0.25, -0.2) is 0 Å². The van der Waals surface area contributed by atoms with Crippen LogP contribution < -0.4 is 0 Å². The first kappa shape index (κ1) is 33.7. The molecule has 0 aliphatic rings. The third-order valence-corrected chi connectivity index (χ3v) is 4.61. The van der Waals surface area contributed by atoms with Crippen molar-refractivity contribution in [3.05, 3.63) is 70.6 Å². The van der Waals surface area contributed by atoms with Crippen molar-refractivity contribution in [2.45, 2.75) is 115 Å². The van der Waals surface area contributed by atoms with Gasteiger partial charge in [-0.1, -0.05) is 92.5 Å². The Morgan fingerprint density at radius 1 is 0.742 bits per heavy atom. The molecule has 0 bridgehead atoms. The lowest BCUT2D eigenvalue weighted by Crippen LogP contribution is -1.92. The van der Waals surface area contributed by atoms with Gasteiger partial charge in [-0.3, -0.25) is 4.98 Å². The predicted octanol–water partition coefficient (Wildman–Crippen LogP) is 10.4. The van der Waals surface area contributed by atoms with E-state index in [9.17, 15) is 0 Å². The summed E-state index contributed by atoms with van der Waals surface area (Å²) in [6, 6.07) is 8.61. The van der Waals surface area contributed by atoms with E-state index in [1.807, 2.05) is 53.8 Å². The Morgan fingerprint density at radius 2 is 1.26 bits per heavy atom. The summed E-state index contributed by atoms with van der Waals surface area (Å²) in [4.78, 5) is 4.08. The van der Waals surface area contributed by atoms with Crippen LogP contribution in [0.5, 0.6) is 0 Å². The summed E-state index contributed by atoms with van der Waals surface area (Å²) >= 11 is 0. The van der Waals surface area contributed by atoms with Gasteiger partial charge in [-0.2, -0.15) is 0 Å². The molecule has 0 N–H and O–H groups in total. The number of hydrogen-bond donors (Lipinski definition) is 0. The molecule has 0 amide bonds. The van der Waals surface area contributed by atoms with Gasteiger partial charge in [0, 0.05) is 11.9 Å². The van der Waals surface area contributed by atoms with E-state index in [1.54, 1.807) is 0 Å². The third kappa shape index (κ3) is 17.5. The van der Waals surface area contributed by atoms with Gasteiger partial charge in [0.1, 0.15) is 0 Å². The number of allylic oxidation sites excluding steroid dienone is 1. The molecule has 31 heavy (non-hydrogen) atoms. The molecule has 0 radical (unpaired) electrons. The van der Waals surface area contributed by atoms with Crippen LogP contribution in [0.25, 0.3) is 5.57 Å². The van der Waals surface area contributed by atoms with Crippen molar-refractivity contribution in [2.24, 2.45) is 0 Å². The maximum absolute atomic E-state index is 4.19. The van der Waals surface area contributed by atoms with Crippen molar-refractivity contribution in [1.82, 2.24) is 4.98 Å². The highest BCUT2D eigenvalue weighted by Gasteiger charge is 2.04. The van der Waals surface area contributed by atoms with Crippen molar-refractivity contribution >= 4 is 5.57 Å². The molecule has 0 fully saturated rings. The van der Waals surface area contributed by atoms with Gasteiger partial charge in [0.2, 0.25) is 0 Å². The second-order valence-corrected chi connectivity index (χ2v) is 7.44. The van der Waals surface area contributed by atoms with Crippen molar-refractivity contribution in [2.75, 3.05) is 0 Å². The van der Waals surface area contributed by atoms with E-state index < -0.39 is 0 Å². The van der Waals surface area contributed by atoms with Crippen LogP contribution >= 0.6 is 0 Å². The van der Waals surface area contributed by atoms with Crippen LogP contribution in [-0.4, -0.2) is 4.98 Å². The van der Waals surface area contributed by atoms with E-state index in [0.29, 0.717) is 0 Å². The average Bonchev–Trinajstić information content (AvgIpc) is 2.80. The molecule has 2 aromatic rings. The molecule has 1 heterocycles. The Hall–Kier alpha value is -1.89. The Kier molecular flexibility index (Phi) is 24.8. The third-order valence-electron chi connectivity index (χ3n) is 4.61. The standard InChI is InChI=1S/C15H22.C7H9N.C4H10.2C2H6/c1-6-7-8-11(2)15-10-13(4)12(3)9-14(15)5;1-6-3-4-7(2)8-5-6;1-3-4-2;2*1-2/h9-10H,2,6-8H2,1,3-5H3;3-5H,1-2H3;3-4H2,1-2H3;2*1-2H3. The summed E-state index contributed by atoms with van der Waals surface area (Å²) in [6.07, 6.45) is 8.11. The SMILES string of the molecule is C=C(CCCC)c1cc(C)c(C)cc1C.CC.CC.CCCC.Cc1ccc(C)nc1. The molecule has 0 spiro atoms. The zero-order chi connectivity index (χ0) is 24.8. The first-order valence-electron chi connectivity index (χ1n) is 12.4. The van der Waals surface area contributed by atoms with Crippen LogP contribution in [0.1, 0.15) is 114 Å². The smallest absolute Gasteiger partial charge is 0.0372 e. The summed E-state index contributed by atoms with van der Waals surface area (Å²) in [7, 11) is 0. The molecule has 1 heteroatoms. The topological polar surface area (TPSA) is 12.9 Å². The molecular formula is C30H53N. The zero-order valence-corrected chi connectivity index (χ0v) is 23.1. The minimum absolute atomic E-state index is 1.08. The van der Waals surface area contributed by atoms with Crippen molar-refractivity contribution in [3.63, 3.8) is 0 Å². The maximum Gasteiger partial charge on any atom is 0.0372 e. The van der Waals surface area contributed by atoms with Crippen molar-refractivity contribution in [1.29, 1.82) is 0 Å². The lowest BCUT2D eigenvalue weighted by atomic mass is 9.94. The molecule has 0 aliphatic heterocycles. The summed E-state index contributed by atoms with van der Waals surface area (Å²) in [5, 5.41) is 0. The van der Waals surface area contributed by atoms with E-state index in [4.69, 9.17) is 0 Å². The number of aryl methyl sites for hydroxylation is 5. The van der Waals surface area contributed by atoms with Crippen LogP contribution in [0, 0.1) is 34.6 Å². The van der Waals surface area contributed by atoms with Gasteiger partial charge in [0.05, 0.1) is 0 Å². The number of pyridine rings is 1. The summed E-state index contributed by atoms with van der Waals surface area (Å²) < 4.78 is 0. The summed E-state index contributed by atoms with van der Waals surface area (Å²) in [5.41, 5.74) is 9.04. The molecule has 1 aromatic heterocycles. The monoisotopic (exact) mass is 427 g/mol. The second-order valence-electron chi connectivity index (χ2n) is 7.44. The molecule has 0 atom stereocenters. The fourth-order valence-electron chi connectivity index (χ4n) is 2.41. The van der Waals surface area contributed by atoms with Gasteiger partial charge in [-0.15, -0.1) is 0 Å². The highest BCUT2D eigenvalue weighted by atomic mass is 14.6. The van der Waals surface area contributed by atoms with E-state index in [1.165, 1.54) is 59.1 Å². The first-order chi connectivity index (χ1) is 14.8. The van der Waals surface area contributed by atoms with Crippen LogP contribution in [0.3, 0.4) is 0 Å². The normalized spacial score (nSPS) is 8.77. The summed E-state index contributed by atoms with van der Waals surface area (Å²) in [5.74, 6) is 0. The van der Waals surface area contributed by atoms with Crippen LogP contribution in [0.2, 0.25) is 0 Å². The maximum atomic E-state index is 4.19. The van der Waals surface area contributed by atoms with Crippen LogP contribution in [0.4, 0.5) is 0 Å². The number of nitrogens with zero attached hydrogens (tertiary/aromatic N) is 1. The van der Waals surface area contributed by atoms with E-state index in [0.717, 1.165) is 12.1 Å². The highest BCUT2D eigenvalue weighted by molar-refractivity contribution is 5.67. The molecule has 1 nitrogen and oxygen atoms in total. The zero-order valence-electron chi connectivity index (χ0n) is 23.1. The van der Waals surface area contributed by atoms with E-state index >= 15 is 0 Å². The lowest BCUT2D eigenvalue weighted by molar-refractivity contribution is 0.824. The quantitative estimate of drug-likeness (QED) is 0.462. The second kappa shape index (κ2) is 22.8. The van der Waals surface area contributed by atoms with Gasteiger partial charge in [0.15, 0.2) is 0 Å². The van der Waals surface area contributed by atoms with Crippen LogP contribution in [0.15, 0.2) is 37.0 Å². The molecule has 0 saturated heterocycles. The van der Waals surface area contributed by atoms with E-state index in [-0.39, 0.29) is 0 Å². The molecule has 2 rings (SSSR count). The largest absolute Gasteiger partial charge is 0.261 e. The van der Waals surface area contributed by atoms with Crippen molar-refractivity contribution in [3.8, 4) is 0 Å². The fraction of sp³-hybridized carbons (Fsp3) is 0.567. The number of benzene rings is 1. The number of rotatable bonds is 5. The molecule has 0 saturated carbocycles. The predicted molar refractivity (Wildman–Crippen MR) is 146 cm³/mol. The number of aromatic nitrogens is 1. The Balaban J connectivity index is -0.000000410. The Bertz CT molecular complexity index is 643. The Labute approximate surface area is 196 Å². The van der Waals surface area contributed by atoms with Gasteiger partial charge in [-0.05, 0) is 86.9 Å². The minimum Gasteiger partial charge on any atom is -0.261 e. The Morgan fingerprint density at radius 3 is 1.65 bits per heavy atom. The van der Waals surface area contributed by atoms with Crippen LogP contribution in [-0.2, 0) is 0 Å². The molecule has 0 unspecified atom stereocenters. The minimum atomic E-state index is 1.08. The van der Waals surface area contributed by atoms with Gasteiger partial charge >= 0.3 is 0 Å².